The van der Waals surface area contributed by atoms with E-state index in [-0.39, 0.29) is 23.6 Å². The zero-order chi connectivity index (χ0) is 13.7. The molecule has 0 saturated heterocycles. The van der Waals surface area contributed by atoms with Crippen LogP contribution >= 0.6 is 27.5 Å². The number of aliphatic carboxylic acids is 1. The highest BCUT2D eigenvalue weighted by Crippen LogP contribution is 2.21. The quantitative estimate of drug-likeness (QED) is 0.763. The summed E-state index contributed by atoms with van der Waals surface area (Å²) in [7, 11) is 0. The number of halogens is 2. The number of benzene rings is 1. The van der Waals surface area contributed by atoms with E-state index in [1.165, 1.54) is 12.1 Å². The Bertz CT molecular complexity index is 466. The van der Waals surface area contributed by atoms with Crippen molar-refractivity contribution in [2.45, 2.75) is 12.5 Å². The van der Waals surface area contributed by atoms with E-state index < -0.39 is 17.9 Å². The van der Waals surface area contributed by atoms with Gasteiger partial charge in [0.2, 0.25) is 0 Å². The first-order valence-corrected chi connectivity index (χ1v) is 6.22. The maximum absolute atomic E-state index is 11.8. The van der Waals surface area contributed by atoms with Crippen molar-refractivity contribution in [3.05, 3.63) is 33.3 Å². The Labute approximate surface area is 117 Å². The lowest BCUT2D eigenvalue weighted by Gasteiger charge is -2.13. The van der Waals surface area contributed by atoms with Gasteiger partial charge in [-0.2, -0.15) is 0 Å². The number of carboxylic acids is 1. The third kappa shape index (κ3) is 3.97. The van der Waals surface area contributed by atoms with E-state index in [2.05, 4.69) is 21.2 Å². The van der Waals surface area contributed by atoms with E-state index in [9.17, 15) is 9.59 Å². The molecule has 0 bridgehead atoms. The fraction of sp³-hybridized carbons (Fsp3) is 0.273. The van der Waals surface area contributed by atoms with Gasteiger partial charge in [0.1, 0.15) is 6.04 Å². The summed E-state index contributed by atoms with van der Waals surface area (Å²) in [6.07, 6.45) is -0.0628. The molecule has 1 atom stereocenters. The predicted molar refractivity (Wildman–Crippen MR) is 69.7 cm³/mol. The highest BCUT2D eigenvalue weighted by atomic mass is 79.9. The highest BCUT2D eigenvalue weighted by Gasteiger charge is 2.21. The highest BCUT2D eigenvalue weighted by molar-refractivity contribution is 9.10. The number of carboxylic acid groups (broad SMARTS) is 1. The van der Waals surface area contributed by atoms with Crippen LogP contribution in [0.4, 0.5) is 0 Å². The summed E-state index contributed by atoms with van der Waals surface area (Å²) in [5, 5.41) is 20.1. The average molecular weight is 337 g/mol. The van der Waals surface area contributed by atoms with E-state index in [0.29, 0.717) is 4.47 Å². The summed E-state index contributed by atoms with van der Waals surface area (Å²) >= 11 is 9.05. The van der Waals surface area contributed by atoms with Gasteiger partial charge >= 0.3 is 5.97 Å². The Morgan fingerprint density at radius 2 is 2.11 bits per heavy atom. The molecule has 1 amide bonds. The Morgan fingerprint density at radius 3 is 2.67 bits per heavy atom. The van der Waals surface area contributed by atoms with Crippen LogP contribution in [0.3, 0.4) is 0 Å². The molecule has 7 heteroatoms. The SMILES string of the molecule is O=C(N[C@H](CCO)C(=O)O)c1cc(Br)ccc1Cl. The third-order valence-electron chi connectivity index (χ3n) is 2.19. The van der Waals surface area contributed by atoms with Gasteiger partial charge < -0.3 is 15.5 Å². The molecular formula is C11H11BrClNO4. The summed E-state index contributed by atoms with van der Waals surface area (Å²) in [6, 6.07) is 3.55. The number of carbonyl (C=O) groups is 2. The van der Waals surface area contributed by atoms with Crippen LogP contribution < -0.4 is 5.32 Å². The van der Waals surface area contributed by atoms with Gasteiger partial charge in [-0.05, 0) is 18.2 Å². The average Bonchev–Trinajstić information content (AvgIpc) is 2.31. The molecule has 0 radical (unpaired) electrons. The van der Waals surface area contributed by atoms with Crippen LogP contribution in [0.15, 0.2) is 22.7 Å². The molecule has 0 fully saturated rings. The molecule has 1 rings (SSSR count). The number of carbonyl (C=O) groups excluding carboxylic acids is 1. The normalized spacial score (nSPS) is 11.9. The molecule has 0 aliphatic heterocycles. The first-order valence-electron chi connectivity index (χ1n) is 5.05. The standard InChI is InChI=1S/C11H11BrClNO4/c12-6-1-2-8(13)7(5-6)10(16)14-9(3-4-15)11(17)18/h1-2,5,9,15H,3-4H2,(H,14,16)(H,17,18)/t9-/m1/s1. The molecule has 0 heterocycles. The van der Waals surface area contributed by atoms with Crippen LogP contribution in [-0.2, 0) is 4.79 Å². The van der Waals surface area contributed by atoms with Gasteiger partial charge in [0, 0.05) is 17.5 Å². The van der Waals surface area contributed by atoms with Crippen molar-refractivity contribution in [3.8, 4) is 0 Å². The van der Waals surface area contributed by atoms with Crippen molar-refractivity contribution >= 4 is 39.4 Å². The fourth-order valence-electron chi connectivity index (χ4n) is 1.29. The van der Waals surface area contributed by atoms with Crippen LogP contribution in [0.5, 0.6) is 0 Å². The van der Waals surface area contributed by atoms with Gasteiger partial charge in [0.15, 0.2) is 0 Å². The molecule has 3 N–H and O–H groups in total. The smallest absolute Gasteiger partial charge is 0.326 e. The van der Waals surface area contributed by atoms with E-state index in [1.54, 1.807) is 6.07 Å². The van der Waals surface area contributed by atoms with Crippen LogP contribution in [0, 0.1) is 0 Å². The summed E-state index contributed by atoms with van der Waals surface area (Å²) in [4.78, 5) is 22.7. The second-order valence-corrected chi connectivity index (χ2v) is 4.82. The fourth-order valence-corrected chi connectivity index (χ4v) is 1.86. The Morgan fingerprint density at radius 1 is 1.44 bits per heavy atom. The molecular weight excluding hydrogens is 325 g/mol. The molecule has 98 valence electrons. The first kappa shape index (κ1) is 14.9. The minimum Gasteiger partial charge on any atom is -0.480 e. The van der Waals surface area contributed by atoms with Crippen molar-refractivity contribution in [1.29, 1.82) is 0 Å². The third-order valence-corrected chi connectivity index (χ3v) is 3.02. The van der Waals surface area contributed by atoms with Crippen molar-refractivity contribution in [3.63, 3.8) is 0 Å². The second kappa shape index (κ2) is 6.72. The van der Waals surface area contributed by atoms with Crippen molar-refractivity contribution in [1.82, 2.24) is 5.32 Å². The van der Waals surface area contributed by atoms with Gasteiger partial charge in [-0.25, -0.2) is 4.79 Å². The number of amides is 1. The van der Waals surface area contributed by atoms with E-state index >= 15 is 0 Å². The maximum Gasteiger partial charge on any atom is 0.326 e. The molecule has 1 aromatic carbocycles. The summed E-state index contributed by atoms with van der Waals surface area (Å²) in [5.41, 5.74) is 0.176. The van der Waals surface area contributed by atoms with Gasteiger partial charge in [-0.15, -0.1) is 0 Å². The maximum atomic E-state index is 11.8. The lowest BCUT2D eigenvalue weighted by atomic mass is 10.1. The number of hydrogen-bond donors (Lipinski definition) is 3. The van der Waals surface area contributed by atoms with E-state index in [1.807, 2.05) is 0 Å². The number of hydrogen-bond acceptors (Lipinski definition) is 3. The van der Waals surface area contributed by atoms with Crippen LogP contribution in [0.25, 0.3) is 0 Å². The Balaban J connectivity index is 2.86. The van der Waals surface area contributed by atoms with Crippen LogP contribution in [0.2, 0.25) is 5.02 Å². The van der Waals surface area contributed by atoms with Gasteiger partial charge in [0.25, 0.3) is 5.91 Å². The second-order valence-electron chi connectivity index (χ2n) is 3.50. The number of rotatable bonds is 5. The molecule has 0 aliphatic rings. The molecule has 0 aliphatic carbocycles. The molecule has 0 saturated carbocycles. The van der Waals surface area contributed by atoms with Crippen molar-refractivity contribution in [2.75, 3.05) is 6.61 Å². The lowest BCUT2D eigenvalue weighted by molar-refractivity contribution is -0.139. The van der Waals surface area contributed by atoms with Gasteiger partial charge in [-0.1, -0.05) is 27.5 Å². The zero-order valence-corrected chi connectivity index (χ0v) is 11.5. The summed E-state index contributed by atoms with van der Waals surface area (Å²) in [6.45, 7) is -0.330. The van der Waals surface area contributed by atoms with E-state index in [0.717, 1.165) is 0 Å². The first-order chi connectivity index (χ1) is 8.45. The van der Waals surface area contributed by atoms with Crippen LogP contribution in [-0.4, -0.2) is 34.7 Å². The molecule has 5 nitrogen and oxygen atoms in total. The van der Waals surface area contributed by atoms with Gasteiger partial charge in [-0.3, -0.25) is 4.79 Å². The molecule has 0 spiro atoms. The minimum absolute atomic E-state index is 0.0628. The largest absolute Gasteiger partial charge is 0.480 e. The lowest BCUT2D eigenvalue weighted by Crippen LogP contribution is -2.41. The monoisotopic (exact) mass is 335 g/mol. The van der Waals surface area contributed by atoms with Gasteiger partial charge in [0.05, 0.1) is 10.6 Å². The minimum atomic E-state index is -1.21. The number of aliphatic hydroxyl groups excluding tert-OH is 1. The number of nitrogens with one attached hydrogen (secondary N) is 1. The predicted octanol–water partition coefficient (Wildman–Crippen LogP) is 1.67. The topological polar surface area (TPSA) is 86.6 Å². The van der Waals surface area contributed by atoms with E-state index in [4.69, 9.17) is 21.8 Å². The molecule has 18 heavy (non-hydrogen) atoms. The van der Waals surface area contributed by atoms with Crippen molar-refractivity contribution < 1.29 is 19.8 Å². The number of aliphatic hydroxyl groups is 1. The molecule has 0 aromatic heterocycles. The summed E-state index contributed by atoms with van der Waals surface area (Å²) in [5.74, 6) is -1.80. The van der Waals surface area contributed by atoms with Crippen LogP contribution in [0.1, 0.15) is 16.8 Å². The Kier molecular flexibility index (Phi) is 5.58. The molecule has 1 aromatic rings. The molecule has 0 unspecified atom stereocenters. The Hall–Kier alpha value is -1.11. The zero-order valence-electron chi connectivity index (χ0n) is 9.19. The summed E-state index contributed by atoms with van der Waals surface area (Å²) < 4.78 is 0.658. The van der Waals surface area contributed by atoms with Crippen molar-refractivity contribution in [2.24, 2.45) is 0 Å².